The highest BCUT2D eigenvalue weighted by Crippen LogP contribution is 2.23. The number of nitrogens with one attached hydrogen (secondary N) is 1. The fourth-order valence-corrected chi connectivity index (χ4v) is 3.64. The maximum absolute atomic E-state index is 13.3. The van der Waals surface area contributed by atoms with E-state index >= 15 is 0 Å². The first-order valence-corrected chi connectivity index (χ1v) is 8.57. The van der Waals surface area contributed by atoms with E-state index in [1.165, 1.54) is 10.9 Å². The van der Waals surface area contributed by atoms with Crippen molar-refractivity contribution >= 4 is 22.7 Å². The molecule has 0 spiro atoms. The van der Waals surface area contributed by atoms with Crippen molar-refractivity contribution in [3.8, 4) is 0 Å². The Balaban J connectivity index is 1.71. The third-order valence-corrected chi connectivity index (χ3v) is 5.06. The van der Waals surface area contributed by atoms with Gasteiger partial charge in [-0.2, -0.15) is 0 Å². The van der Waals surface area contributed by atoms with E-state index in [9.17, 15) is 8.78 Å². The van der Waals surface area contributed by atoms with Gasteiger partial charge in [-0.15, -0.1) is 22.7 Å². The zero-order chi connectivity index (χ0) is 15.4. The van der Waals surface area contributed by atoms with Crippen LogP contribution in [0.1, 0.15) is 21.5 Å². The number of thiophene rings is 1. The van der Waals surface area contributed by atoms with Crippen LogP contribution < -0.4 is 5.32 Å². The SMILES string of the molecule is Fc1ccc(CNC(Cc2cccs2)c2nccs2)cc1F. The molecule has 114 valence electrons. The minimum atomic E-state index is -0.821. The molecule has 2 nitrogen and oxygen atoms in total. The molecule has 2 aromatic heterocycles. The number of thiazole rings is 1. The van der Waals surface area contributed by atoms with E-state index < -0.39 is 11.6 Å². The van der Waals surface area contributed by atoms with Crippen LogP contribution in [0.2, 0.25) is 0 Å². The predicted octanol–water partition coefficient (Wildman–Crippen LogP) is 4.56. The second kappa shape index (κ2) is 7.09. The van der Waals surface area contributed by atoms with Crippen molar-refractivity contribution in [2.45, 2.75) is 19.0 Å². The van der Waals surface area contributed by atoms with E-state index in [-0.39, 0.29) is 6.04 Å². The fourth-order valence-electron chi connectivity index (χ4n) is 2.17. The van der Waals surface area contributed by atoms with Gasteiger partial charge in [-0.25, -0.2) is 13.8 Å². The molecular weight excluding hydrogens is 322 g/mol. The summed E-state index contributed by atoms with van der Waals surface area (Å²) in [6.07, 6.45) is 2.61. The molecule has 1 atom stereocenters. The number of nitrogens with zero attached hydrogens (tertiary/aromatic N) is 1. The Bertz CT molecular complexity index is 712. The summed E-state index contributed by atoms with van der Waals surface area (Å²) in [4.78, 5) is 5.63. The number of aromatic nitrogens is 1. The number of hydrogen-bond donors (Lipinski definition) is 1. The van der Waals surface area contributed by atoms with E-state index in [4.69, 9.17) is 0 Å². The second-order valence-electron chi connectivity index (χ2n) is 4.84. The van der Waals surface area contributed by atoms with Gasteiger partial charge >= 0.3 is 0 Å². The first-order chi connectivity index (χ1) is 10.7. The lowest BCUT2D eigenvalue weighted by atomic mass is 10.1. The van der Waals surface area contributed by atoms with Crippen LogP contribution >= 0.6 is 22.7 Å². The summed E-state index contributed by atoms with van der Waals surface area (Å²) in [6.45, 7) is 0.465. The van der Waals surface area contributed by atoms with Gasteiger partial charge in [-0.3, -0.25) is 0 Å². The van der Waals surface area contributed by atoms with Gasteiger partial charge in [0.15, 0.2) is 11.6 Å². The molecule has 1 aromatic carbocycles. The van der Waals surface area contributed by atoms with Crippen molar-refractivity contribution in [1.29, 1.82) is 0 Å². The van der Waals surface area contributed by atoms with Gasteiger partial charge < -0.3 is 5.32 Å². The van der Waals surface area contributed by atoms with Crippen LogP contribution in [0.15, 0.2) is 47.3 Å². The van der Waals surface area contributed by atoms with E-state index in [0.29, 0.717) is 12.1 Å². The van der Waals surface area contributed by atoms with Crippen LogP contribution in [-0.4, -0.2) is 4.98 Å². The van der Waals surface area contributed by atoms with Gasteiger partial charge in [0.05, 0.1) is 6.04 Å². The lowest BCUT2D eigenvalue weighted by Gasteiger charge is -2.16. The Labute approximate surface area is 135 Å². The molecule has 0 bridgehead atoms. The molecule has 0 saturated heterocycles. The van der Waals surface area contributed by atoms with Crippen molar-refractivity contribution in [3.63, 3.8) is 0 Å². The van der Waals surface area contributed by atoms with E-state index in [1.54, 1.807) is 34.9 Å². The Hall–Kier alpha value is -1.63. The molecule has 0 radical (unpaired) electrons. The van der Waals surface area contributed by atoms with E-state index in [1.807, 2.05) is 16.8 Å². The standard InChI is InChI=1S/C16H14F2N2S2/c17-13-4-3-11(8-14(13)18)10-20-15(16-19-5-7-22-16)9-12-2-1-6-21-12/h1-8,15,20H,9-10H2. The lowest BCUT2D eigenvalue weighted by Crippen LogP contribution is -2.22. The van der Waals surface area contributed by atoms with Crippen molar-refractivity contribution in [1.82, 2.24) is 10.3 Å². The lowest BCUT2D eigenvalue weighted by molar-refractivity contribution is 0.500. The largest absolute Gasteiger partial charge is 0.304 e. The second-order valence-corrected chi connectivity index (χ2v) is 6.79. The molecule has 0 amide bonds. The number of halogens is 2. The summed E-state index contributed by atoms with van der Waals surface area (Å²) in [5.41, 5.74) is 0.714. The van der Waals surface area contributed by atoms with Crippen LogP contribution in [0.25, 0.3) is 0 Å². The highest BCUT2D eigenvalue weighted by atomic mass is 32.1. The van der Waals surface area contributed by atoms with Gasteiger partial charge in [0.1, 0.15) is 5.01 Å². The molecule has 1 unspecified atom stereocenters. The van der Waals surface area contributed by atoms with Crippen LogP contribution in [0.4, 0.5) is 8.78 Å². The number of benzene rings is 1. The fraction of sp³-hybridized carbons (Fsp3) is 0.188. The Kier molecular flexibility index (Phi) is 4.92. The highest BCUT2D eigenvalue weighted by Gasteiger charge is 2.15. The van der Waals surface area contributed by atoms with Gasteiger partial charge in [0.25, 0.3) is 0 Å². The van der Waals surface area contributed by atoms with Gasteiger partial charge in [-0.1, -0.05) is 12.1 Å². The average molecular weight is 336 g/mol. The summed E-state index contributed by atoms with van der Waals surface area (Å²) < 4.78 is 26.2. The monoisotopic (exact) mass is 336 g/mol. The maximum Gasteiger partial charge on any atom is 0.159 e. The molecule has 0 saturated carbocycles. The van der Waals surface area contributed by atoms with Gasteiger partial charge in [-0.05, 0) is 29.1 Å². The van der Waals surface area contributed by atoms with Gasteiger partial charge in [0, 0.05) is 29.4 Å². The maximum atomic E-state index is 13.3. The summed E-state index contributed by atoms with van der Waals surface area (Å²) in [6, 6.07) is 8.15. The summed E-state index contributed by atoms with van der Waals surface area (Å²) in [5, 5.41) is 8.37. The van der Waals surface area contributed by atoms with E-state index in [0.717, 1.165) is 17.5 Å². The van der Waals surface area contributed by atoms with Crippen LogP contribution in [0.3, 0.4) is 0 Å². The first kappa shape index (κ1) is 15.3. The molecule has 2 heterocycles. The zero-order valence-corrected chi connectivity index (χ0v) is 13.3. The topological polar surface area (TPSA) is 24.9 Å². The number of hydrogen-bond acceptors (Lipinski definition) is 4. The Morgan fingerprint density at radius 2 is 2.00 bits per heavy atom. The minimum absolute atomic E-state index is 0.0618. The molecule has 6 heteroatoms. The molecular formula is C16H14F2N2S2. The van der Waals surface area contributed by atoms with Crippen molar-refractivity contribution < 1.29 is 8.78 Å². The smallest absolute Gasteiger partial charge is 0.159 e. The quantitative estimate of drug-likeness (QED) is 0.714. The Morgan fingerprint density at radius 3 is 2.68 bits per heavy atom. The highest BCUT2D eigenvalue weighted by molar-refractivity contribution is 7.10. The molecule has 22 heavy (non-hydrogen) atoms. The molecule has 0 aliphatic carbocycles. The van der Waals surface area contributed by atoms with Crippen molar-refractivity contribution in [2.24, 2.45) is 0 Å². The van der Waals surface area contributed by atoms with Crippen LogP contribution in [0, 0.1) is 11.6 Å². The molecule has 0 aliphatic rings. The molecule has 0 aliphatic heterocycles. The summed E-state index contributed by atoms with van der Waals surface area (Å²) in [5.74, 6) is -1.64. The molecule has 1 N–H and O–H groups in total. The van der Waals surface area contributed by atoms with Crippen molar-refractivity contribution in [3.05, 3.63) is 74.4 Å². The van der Waals surface area contributed by atoms with Crippen LogP contribution in [0.5, 0.6) is 0 Å². The van der Waals surface area contributed by atoms with E-state index in [2.05, 4.69) is 16.4 Å². The summed E-state index contributed by atoms with van der Waals surface area (Å²) >= 11 is 3.29. The number of rotatable bonds is 6. The van der Waals surface area contributed by atoms with Crippen molar-refractivity contribution in [2.75, 3.05) is 0 Å². The minimum Gasteiger partial charge on any atom is -0.304 e. The van der Waals surface area contributed by atoms with Gasteiger partial charge in [0.2, 0.25) is 0 Å². The molecule has 0 fully saturated rings. The normalized spacial score (nSPS) is 12.5. The molecule has 3 aromatic rings. The average Bonchev–Trinajstić information content (AvgIpc) is 3.19. The third kappa shape index (κ3) is 3.76. The molecule has 3 rings (SSSR count). The van der Waals surface area contributed by atoms with Crippen LogP contribution in [-0.2, 0) is 13.0 Å². The zero-order valence-electron chi connectivity index (χ0n) is 11.6. The Morgan fingerprint density at radius 1 is 1.09 bits per heavy atom. The first-order valence-electron chi connectivity index (χ1n) is 6.81. The third-order valence-electron chi connectivity index (χ3n) is 3.27. The summed E-state index contributed by atoms with van der Waals surface area (Å²) in [7, 11) is 0. The predicted molar refractivity (Wildman–Crippen MR) is 86.1 cm³/mol.